The van der Waals surface area contributed by atoms with Crippen molar-refractivity contribution >= 4 is 11.9 Å². The zero-order valence-corrected chi connectivity index (χ0v) is 13.1. The summed E-state index contributed by atoms with van der Waals surface area (Å²) in [5.74, 6) is -2.77. The second kappa shape index (κ2) is 7.53. The van der Waals surface area contributed by atoms with E-state index in [2.05, 4.69) is 5.32 Å². The highest BCUT2D eigenvalue weighted by Gasteiger charge is 2.29. The number of alkyl halides is 2. The molecule has 0 saturated heterocycles. The molecule has 0 heterocycles. The summed E-state index contributed by atoms with van der Waals surface area (Å²) < 4.78 is 31.2. The van der Waals surface area contributed by atoms with Crippen molar-refractivity contribution in [1.82, 2.24) is 5.32 Å². The molecule has 1 atom stereocenters. The third-order valence-electron chi connectivity index (χ3n) is 3.91. The summed E-state index contributed by atoms with van der Waals surface area (Å²) in [5, 5.41) is 2.51. The van der Waals surface area contributed by atoms with Crippen molar-refractivity contribution in [2.45, 2.75) is 51.0 Å². The van der Waals surface area contributed by atoms with Gasteiger partial charge in [-0.2, -0.15) is 0 Å². The first kappa shape index (κ1) is 17.4. The van der Waals surface area contributed by atoms with Gasteiger partial charge in [-0.15, -0.1) is 0 Å². The maximum absolute atomic E-state index is 13.1. The molecule has 1 aliphatic rings. The Bertz CT molecular complexity index is 552. The fourth-order valence-electron chi connectivity index (χ4n) is 2.30. The van der Waals surface area contributed by atoms with Crippen molar-refractivity contribution in [2.75, 3.05) is 6.61 Å². The van der Waals surface area contributed by atoms with Crippen molar-refractivity contribution < 1.29 is 23.1 Å². The Balaban J connectivity index is 1.60. The van der Waals surface area contributed by atoms with Gasteiger partial charge < -0.3 is 10.1 Å². The molecule has 0 aromatic heterocycles. The summed E-state index contributed by atoms with van der Waals surface area (Å²) in [6.07, 6.45) is 2.85. The molecule has 0 aliphatic heterocycles. The smallest absolute Gasteiger partial charge is 0.407 e. The average molecular weight is 325 g/mol. The molecule has 0 spiro atoms. The van der Waals surface area contributed by atoms with Crippen LogP contribution in [0.25, 0.3) is 0 Å². The standard InChI is InChI=1S/C17H21F2NO3/c1-17(18,19)13-7-5-12(6-8-13)4-2-3-11-23-16(22)20-14-9-10-15(14)21/h5-8,14H,2-4,9-11H2,1H3,(H,20,22)/t14-/m0/s1. The summed E-state index contributed by atoms with van der Waals surface area (Å²) in [6, 6.07) is 5.90. The van der Waals surface area contributed by atoms with Gasteiger partial charge in [-0.3, -0.25) is 4.79 Å². The third-order valence-corrected chi connectivity index (χ3v) is 3.91. The van der Waals surface area contributed by atoms with Crippen molar-refractivity contribution in [3.05, 3.63) is 35.4 Å². The minimum absolute atomic E-state index is 0.00629. The van der Waals surface area contributed by atoms with E-state index in [1.54, 1.807) is 12.1 Å². The van der Waals surface area contributed by atoms with Crippen LogP contribution in [0.5, 0.6) is 0 Å². The number of Topliss-reactive ketones (excluding diaryl/α,β-unsaturated/α-hetero) is 1. The summed E-state index contributed by atoms with van der Waals surface area (Å²) in [5.41, 5.74) is 0.981. The lowest BCUT2D eigenvalue weighted by atomic mass is 9.91. The highest BCUT2D eigenvalue weighted by atomic mass is 19.3. The van der Waals surface area contributed by atoms with Crippen molar-refractivity contribution in [3.8, 4) is 0 Å². The number of carbonyl (C=O) groups excluding carboxylic acids is 2. The van der Waals surface area contributed by atoms with E-state index in [1.165, 1.54) is 12.1 Å². The van der Waals surface area contributed by atoms with Crippen LogP contribution in [0.4, 0.5) is 13.6 Å². The molecule has 1 fully saturated rings. The van der Waals surface area contributed by atoms with Crippen molar-refractivity contribution in [3.63, 3.8) is 0 Å². The largest absolute Gasteiger partial charge is 0.450 e. The number of amides is 1. The second-order valence-electron chi connectivity index (χ2n) is 5.88. The van der Waals surface area contributed by atoms with Crippen LogP contribution in [0.1, 0.15) is 43.7 Å². The molecule has 1 amide bonds. The fourth-order valence-corrected chi connectivity index (χ4v) is 2.30. The zero-order valence-electron chi connectivity index (χ0n) is 13.1. The molecule has 1 aromatic rings. The summed E-state index contributed by atoms with van der Waals surface area (Å²) in [7, 11) is 0. The summed E-state index contributed by atoms with van der Waals surface area (Å²) >= 11 is 0. The van der Waals surface area contributed by atoms with Gasteiger partial charge in [-0.05, 0) is 31.2 Å². The SMILES string of the molecule is CC(F)(F)c1ccc(CCCCOC(=O)N[C@H]2CCC2=O)cc1. The topological polar surface area (TPSA) is 55.4 Å². The van der Waals surface area contributed by atoms with Gasteiger partial charge in [-0.25, -0.2) is 13.6 Å². The van der Waals surface area contributed by atoms with Crippen molar-refractivity contribution in [1.29, 1.82) is 0 Å². The molecule has 4 nitrogen and oxygen atoms in total. The Morgan fingerprint density at radius 2 is 2.00 bits per heavy atom. The molecule has 1 N–H and O–H groups in total. The van der Waals surface area contributed by atoms with Gasteiger partial charge >= 0.3 is 6.09 Å². The van der Waals surface area contributed by atoms with Gasteiger partial charge in [0.1, 0.15) is 0 Å². The molecule has 0 radical (unpaired) electrons. The Labute approximate surface area is 134 Å². The highest BCUT2D eigenvalue weighted by molar-refractivity contribution is 5.92. The number of alkyl carbamates (subject to hydrolysis) is 1. The fraction of sp³-hybridized carbons (Fsp3) is 0.529. The van der Waals surface area contributed by atoms with Crippen LogP contribution in [-0.4, -0.2) is 24.5 Å². The van der Waals surface area contributed by atoms with Crippen LogP contribution >= 0.6 is 0 Å². The summed E-state index contributed by atoms with van der Waals surface area (Å²) in [4.78, 5) is 22.5. The minimum atomic E-state index is -2.82. The maximum Gasteiger partial charge on any atom is 0.407 e. The quantitative estimate of drug-likeness (QED) is 0.780. The number of nitrogens with one attached hydrogen (secondary N) is 1. The van der Waals surface area contributed by atoms with Gasteiger partial charge in [0.05, 0.1) is 12.6 Å². The molecule has 0 unspecified atom stereocenters. The lowest BCUT2D eigenvalue weighted by molar-refractivity contribution is -0.126. The van der Waals surface area contributed by atoms with E-state index < -0.39 is 12.0 Å². The van der Waals surface area contributed by atoms with Crippen LogP contribution in [0.15, 0.2) is 24.3 Å². The number of rotatable bonds is 7. The van der Waals surface area contributed by atoms with E-state index in [0.717, 1.165) is 25.3 Å². The molecule has 1 aromatic carbocycles. The van der Waals surface area contributed by atoms with Crippen LogP contribution in [0, 0.1) is 0 Å². The first-order chi connectivity index (χ1) is 10.9. The van der Waals surface area contributed by atoms with E-state index >= 15 is 0 Å². The summed E-state index contributed by atoms with van der Waals surface area (Å²) in [6.45, 7) is 1.15. The molecule has 2 rings (SSSR count). The van der Waals surface area contributed by atoms with Gasteiger partial charge in [-0.1, -0.05) is 24.3 Å². The predicted octanol–water partition coefficient (Wildman–Crippen LogP) is 3.58. The van der Waals surface area contributed by atoms with E-state index in [9.17, 15) is 18.4 Å². The van der Waals surface area contributed by atoms with Gasteiger partial charge in [0.2, 0.25) is 0 Å². The Morgan fingerprint density at radius 1 is 1.30 bits per heavy atom. The molecule has 23 heavy (non-hydrogen) atoms. The average Bonchev–Trinajstić information content (AvgIpc) is 2.50. The lowest BCUT2D eigenvalue weighted by Gasteiger charge is -2.24. The number of carbonyl (C=O) groups is 2. The number of ketones is 1. The van der Waals surface area contributed by atoms with E-state index in [0.29, 0.717) is 19.3 Å². The van der Waals surface area contributed by atoms with E-state index in [-0.39, 0.29) is 24.0 Å². The van der Waals surface area contributed by atoms with Crippen molar-refractivity contribution in [2.24, 2.45) is 0 Å². The molecular formula is C17H21F2NO3. The van der Waals surface area contributed by atoms with Crippen LogP contribution in [-0.2, 0) is 21.9 Å². The Kier molecular flexibility index (Phi) is 5.69. The Morgan fingerprint density at radius 3 is 2.52 bits per heavy atom. The van der Waals surface area contributed by atoms with Crippen LogP contribution in [0.2, 0.25) is 0 Å². The molecule has 126 valence electrons. The van der Waals surface area contributed by atoms with E-state index in [4.69, 9.17) is 4.74 Å². The minimum Gasteiger partial charge on any atom is -0.450 e. The molecule has 1 saturated carbocycles. The second-order valence-corrected chi connectivity index (χ2v) is 5.88. The third kappa shape index (κ3) is 5.30. The maximum atomic E-state index is 13.1. The first-order valence-corrected chi connectivity index (χ1v) is 7.79. The van der Waals surface area contributed by atoms with Crippen LogP contribution < -0.4 is 5.32 Å². The molecular weight excluding hydrogens is 304 g/mol. The number of hydrogen-bond donors (Lipinski definition) is 1. The Hall–Kier alpha value is -1.98. The van der Waals surface area contributed by atoms with Gasteiger partial charge in [0.25, 0.3) is 5.92 Å². The number of aryl methyl sites for hydroxylation is 1. The number of benzene rings is 1. The number of ether oxygens (including phenoxy) is 1. The van der Waals surface area contributed by atoms with E-state index in [1.807, 2.05) is 0 Å². The normalized spacial score (nSPS) is 17.5. The monoisotopic (exact) mass is 325 g/mol. The molecule has 1 aliphatic carbocycles. The number of halogens is 2. The lowest BCUT2D eigenvalue weighted by Crippen LogP contribution is -2.47. The van der Waals surface area contributed by atoms with Crippen LogP contribution in [0.3, 0.4) is 0 Å². The van der Waals surface area contributed by atoms with Gasteiger partial charge in [0.15, 0.2) is 5.78 Å². The molecule has 0 bridgehead atoms. The predicted molar refractivity (Wildman–Crippen MR) is 81.5 cm³/mol. The number of unbranched alkanes of at least 4 members (excludes halogenated alkanes) is 1. The first-order valence-electron chi connectivity index (χ1n) is 7.79. The molecule has 6 heteroatoms. The van der Waals surface area contributed by atoms with Gasteiger partial charge in [0, 0.05) is 18.9 Å². The zero-order chi connectivity index (χ0) is 16.9. The number of hydrogen-bond acceptors (Lipinski definition) is 3. The highest BCUT2D eigenvalue weighted by Crippen LogP contribution is 2.26.